The monoisotopic (exact) mass is 355 g/mol. The minimum atomic E-state index is 0.248. The highest BCUT2D eigenvalue weighted by Crippen LogP contribution is 2.37. The molecule has 0 unspecified atom stereocenters. The second kappa shape index (κ2) is 6.85. The Morgan fingerprint density at radius 3 is 2.77 bits per heavy atom. The SMILES string of the molecule is CSc1cc(N)nc(SCCc2cc3c(cc2Cl)OCO3)n1. The molecule has 2 aromatic rings. The molecule has 22 heavy (non-hydrogen) atoms. The fourth-order valence-electron chi connectivity index (χ4n) is 1.99. The molecule has 0 aliphatic carbocycles. The predicted molar refractivity (Wildman–Crippen MR) is 90.2 cm³/mol. The van der Waals surface area contributed by atoms with Gasteiger partial charge >= 0.3 is 0 Å². The van der Waals surface area contributed by atoms with E-state index in [9.17, 15) is 0 Å². The Kier molecular flexibility index (Phi) is 4.85. The molecular weight excluding hydrogens is 342 g/mol. The van der Waals surface area contributed by atoms with E-state index >= 15 is 0 Å². The molecule has 3 rings (SSSR count). The minimum absolute atomic E-state index is 0.248. The van der Waals surface area contributed by atoms with Crippen LogP contribution in [-0.4, -0.2) is 28.8 Å². The number of rotatable bonds is 5. The molecule has 1 aromatic heterocycles. The molecule has 5 nitrogen and oxygen atoms in total. The molecule has 0 saturated carbocycles. The van der Waals surface area contributed by atoms with E-state index in [1.54, 1.807) is 35.7 Å². The molecule has 1 aliphatic heterocycles. The number of hydrogen-bond donors (Lipinski definition) is 1. The molecule has 2 N–H and O–H groups in total. The third kappa shape index (κ3) is 3.53. The normalized spacial score (nSPS) is 12.6. The fourth-order valence-corrected chi connectivity index (χ4v) is 3.55. The van der Waals surface area contributed by atoms with Crippen LogP contribution in [0.5, 0.6) is 11.5 Å². The van der Waals surface area contributed by atoms with Crippen molar-refractivity contribution in [2.24, 2.45) is 0 Å². The lowest BCUT2D eigenvalue weighted by Gasteiger charge is -2.06. The van der Waals surface area contributed by atoms with Crippen LogP contribution >= 0.6 is 35.1 Å². The summed E-state index contributed by atoms with van der Waals surface area (Å²) in [6.07, 6.45) is 2.75. The van der Waals surface area contributed by atoms with Gasteiger partial charge in [0.2, 0.25) is 6.79 Å². The molecule has 8 heteroatoms. The van der Waals surface area contributed by atoms with Gasteiger partial charge in [-0.1, -0.05) is 23.4 Å². The van der Waals surface area contributed by atoms with Crippen molar-refractivity contribution in [3.8, 4) is 11.5 Å². The lowest BCUT2D eigenvalue weighted by molar-refractivity contribution is 0.174. The van der Waals surface area contributed by atoms with Gasteiger partial charge in [0.25, 0.3) is 0 Å². The van der Waals surface area contributed by atoms with E-state index in [2.05, 4.69) is 9.97 Å². The predicted octanol–water partition coefficient (Wildman–Crippen LogP) is 3.50. The molecular formula is C14H14ClN3O2S2. The van der Waals surface area contributed by atoms with Gasteiger partial charge in [0.15, 0.2) is 16.7 Å². The summed E-state index contributed by atoms with van der Waals surface area (Å²) in [5.41, 5.74) is 6.79. The Hall–Kier alpha value is -1.31. The average molecular weight is 356 g/mol. The van der Waals surface area contributed by atoms with Crippen LogP contribution in [0.25, 0.3) is 0 Å². The smallest absolute Gasteiger partial charge is 0.231 e. The van der Waals surface area contributed by atoms with E-state index < -0.39 is 0 Å². The zero-order chi connectivity index (χ0) is 15.5. The third-order valence-corrected chi connectivity index (χ3v) is 4.88. The Balaban J connectivity index is 1.65. The van der Waals surface area contributed by atoms with E-state index in [0.717, 1.165) is 28.5 Å². The van der Waals surface area contributed by atoms with Crippen molar-refractivity contribution in [1.82, 2.24) is 9.97 Å². The van der Waals surface area contributed by atoms with Crippen molar-refractivity contribution in [2.75, 3.05) is 24.5 Å². The third-order valence-electron chi connectivity index (χ3n) is 3.06. The minimum Gasteiger partial charge on any atom is -0.454 e. The van der Waals surface area contributed by atoms with E-state index in [1.165, 1.54) is 0 Å². The van der Waals surface area contributed by atoms with Gasteiger partial charge in [0, 0.05) is 22.9 Å². The second-order valence-electron chi connectivity index (χ2n) is 4.51. The molecule has 0 saturated heterocycles. The average Bonchev–Trinajstić information content (AvgIpc) is 2.94. The van der Waals surface area contributed by atoms with Crippen LogP contribution in [0.1, 0.15) is 5.56 Å². The van der Waals surface area contributed by atoms with Crippen LogP contribution in [0.15, 0.2) is 28.4 Å². The molecule has 0 amide bonds. The van der Waals surface area contributed by atoms with Gasteiger partial charge in [-0.2, -0.15) is 0 Å². The van der Waals surface area contributed by atoms with Gasteiger partial charge in [-0.05, 0) is 24.3 Å². The molecule has 0 atom stereocenters. The first-order valence-corrected chi connectivity index (χ1v) is 9.14. The maximum absolute atomic E-state index is 6.26. The maximum Gasteiger partial charge on any atom is 0.231 e. The number of hydrogen-bond acceptors (Lipinski definition) is 7. The number of halogens is 1. The van der Waals surface area contributed by atoms with Crippen molar-refractivity contribution >= 4 is 40.9 Å². The van der Waals surface area contributed by atoms with E-state index in [-0.39, 0.29) is 6.79 Å². The lowest BCUT2D eigenvalue weighted by atomic mass is 10.1. The first-order chi connectivity index (χ1) is 10.7. The van der Waals surface area contributed by atoms with Crippen molar-refractivity contribution in [3.05, 3.63) is 28.8 Å². The summed E-state index contributed by atoms with van der Waals surface area (Å²) < 4.78 is 10.7. The molecule has 116 valence electrons. The number of fused-ring (bicyclic) bond motifs is 1. The first kappa shape index (κ1) is 15.6. The van der Waals surface area contributed by atoms with Crippen LogP contribution < -0.4 is 15.2 Å². The topological polar surface area (TPSA) is 70.3 Å². The standard InChI is InChI=1S/C14H14ClN3O2S2/c1-21-13-6-12(16)17-14(18-13)22-3-2-8-4-10-11(5-9(8)15)20-7-19-10/h4-6H,2-3,7H2,1H3,(H2,16,17,18). The quantitative estimate of drug-likeness (QED) is 0.500. The van der Waals surface area contributed by atoms with Gasteiger partial charge in [-0.25, -0.2) is 9.97 Å². The van der Waals surface area contributed by atoms with Crippen molar-refractivity contribution in [2.45, 2.75) is 16.6 Å². The van der Waals surface area contributed by atoms with Crippen molar-refractivity contribution < 1.29 is 9.47 Å². The van der Waals surface area contributed by atoms with Gasteiger partial charge in [0.05, 0.1) is 0 Å². The summed E-state index contributed by atoms with van der Waals surface area (Å²) in [4.78, 5) is 8.65. The van der Waals surface area contributed by atoms with Gasteiger partial charge in [0.1, 0.15) is 10.8 Å². The zero-order valence-electron chi connectivity index (χ0n) is 11.8. The van der Waals surface area contributed by atoms with Crippen LogP contribution in [0.3, 0.4) is 0 Å². The van der Waals surface area contributed by atoms with Gasteiger partial charge in [-0.15, -0.1) is 11.8 Å². The Morgan fingerprint density at radius 1 is 1.23 bits per heavy atom. The number of nitrogen functional groups attached to an aromatic ring is 1. The van der Waals surface area contributed by atoms with Gasteiger partial charge in [-0.3, -0.25) is 0 Å². The number of aromatic nitrogens is 2. The van der Waals surface area contributed by atoms with E-state index in [0.29, 0.717) is 21.7 Å². The molecule has 0 bridgehead atoms. The van der Waals surface area contributed by atoms with Crippen LogP contribution in [-0.2, 0) is 6.42 Å². The molecule has 0 spiro atoms. The lowest BCUT2D eigenvalue weighted by Crippen LogP contribution is -1.98. The van der Waals surface area contributed by atoms with Crippen molar-refractivity contribution in [3.63, 3.8) is 0 Å². The summed E-state index contributed by atoms with van der Waals surface area (Å²) in [7, 11) is 0. The number of aryl methyl sites for hydroxylation is 1. The number of ether oxygens (including phenoxy) is 2. The largest absolute Gasteiger partial charge is 0.454 e. The highest BCUT2D eigenvalue weighted by Gasteiger charge is 2.16. The maximum atomic E-state index is 6.26. The summed E-state index contributed by atoms with van der Waals surface area (Å²) in [6.45, 7) is 0.248. The summed E-state index contributed by atoms with van der Waals surface area (Å²) in [6, 6.07) is 5.49. The number of nitrogens with two attached hydrogens (primary N) is 1. The number of anilines is 1. The van der Waals surface area contributed by atoms with Crippen LogP contribution in [0.4, 0.5) is 5.82 Å². The molecule has 1 aromatic carbocycles. The Bertz CT molecular complexity index is 700. The van der Waals surface area contributed by atoms with Crippen molar-refractivity contribution in [1.29, 1.82) is 0 Å². The number of thioether (sulfide) groups is 2. The van der Waals surface area contributed by atoms with Crippen LogP contribution in [0.2, 0.25) is 5.02 Å². The van der Waals surface area contributed by atoms with Crippen LogP contribution in [0, 0.1) is 0 Å². The highest BCUT2D eigenvalue weighted by atomic mass is 35.5. The zero-order valence-corrected chi connectivity index (χ0v) is 14.2. The second-order valence-corrected chi connectivity index (χ2v) is 6.81. The summed E-state index contributed by atoms with van der Waals surface area (Å²) in [5, 5.41) is 2.24. The Morgan fingerprint density at radius 2 is 2.00 bits per heavy atom. The summed E-state index contributed by atoms with van der Waals surface area (Å²) in [5.74, 6) is 2.74. The highest BCUT2D eigenvalue weighted by molar-refractivity contribution is 7.99. The summed E-state index contributed by atoms with van der Waals surface area (Å²) >= 11 is 9.36. The van der Waals surface area contributed by atoms with E-state index in [1.807, 2.05) is 12.3 Å². The first-order valence-electron chi connectivity index (χ1n) is 6.55. The number of benzene rings is 1. The molecule has 2 heterocycles. The molecule has 0 fully saturated rings. The fraction of sp³-hybridized carbons (Fsp3) is 0.286. The van der Waals surface area contributed by atoms with E-state index in [4.69, 9.17) is 26.8 Å². The molecule has 0 radical (unpaired) electrons. The molecule has 1 aliphatic rings. The van der Waals surface area contributed by atoms with Gasteiger partial charge < -0.3 is 15.2 Å². The Labute approximate surface area is 141 Å². The number of nitrogens with zero attached hydrogens (tertiary/aromatic N) is 2.